The molecule has 0 saturated carbocycles. The molecule has 0 aliphatic carbocycles. The number of hydrogen-bond acceptors (Lipinski definition) is 5. The second-order valence-corrected chi connectivity index (χ2v) is 5.90. The molecule has 19 heavy (non-hydrogen) atoms. The molecular formula is C14H25N5. The summed E-state index contributed by atoms with van der Waals surface area (Å²) < 4.78 is 0. The molecule has 1 aromatic heterocycles. The SMILES string of the molecule is CC(C)c1c(N)ncnc1N1CCCC1CN(C)C. The van der Waals surface area contributed by atoms with Gasteiger partial charge in [0.25, 0.3) is 0 Å². The molecule has 0 spiro atoms. The van der Waals surface area contributed by atoms with Gasteiger partial charge in [0.1, 0.15) is 18.0 Å². The van der Waals surface area contributed by atoms with E-state index >= 15 is 0 Å². The van der Waals surface area contributed by atoms with E-state index in [-0.39, 0.29) is 0 Å². The van der Waals surface area contributed by atoms with Crippen molar-refractivity contribution in [1.29, 1.82) is 0 Å². The molecular weight excluding hydrogens is 238 g/mol. The van der Waals surface area contributed by atoms with Crippen molar-refractivity contribution in [3.63, 3.8) is 0 Å². The lowest BCUT2D eigenvalue weighted by Gasteiger charge is -2.30. The van der Waals surface area contributed by atoms with E-state index in [1.54, 1.807) is 6.33 Å². The van der Waals surface area contributed by atoms with E-state index in [0.717, 1.165) is 24.5 Å². The largest absolute Gasteiger partial charge is 0.383 e. The molecule has 1 aliphatic heterocycles. The molecule has 5 heteroatoms. The monoisotopic (exact) mass is 263 g/mol. The van der Waals surface area contributed by atoms with Gasteiger partial charge >= 0.3 is 0 Å². The number of anilines is 2. The fourth-order valence-corrected chi connectivity index (χ4v) is 2.91. The first-order chi connectivity index (χ1) is 9.00. The van der Waals surface area contributed by atoms with Crippen LogP contribution in [0, 0.1) is 0 Å². The number of nitrogen functional groups attached to an aromatic ring is 1. The van der Waals surface area contributed by atoms with E-state index in [1.807, 2.05) is 0 Å². The molecule has 2 rings (SSSR count). The lowest BCUT2D eigenvalue weighted by molar-refractivity contribution is 0.371. The van der Waals surface area contributed by atoms with Crippen LogP contribution in [0.2, 0.25) is 0 Å². The summed E-state index contributed by atoms with van der Waals surface area (Å²) in [6.07, 6.45) is 4.03. The van der Waals surface area contributed by atoms with E-state index in [4.69, 9.17) is 5.73 Å². The maximum absolute atomic E-state index is 6.05. The highest BCUT2D eigenvalue weighted by molar-refractivity contribution is 5.59. The Balaban J connectivity index is 2.32. The van der Waals surface area contributed by atoms with Gasteiger partial charge in [0.2, 0.25) is 0 Å². The summed E-state index contributed by atoms with van der Waals surface area (Å²) in [5, 5.41) is 0. The summed E-state index contributed by atoms with van der Waals surface area (Å²) in [5.74, 6) is 2.00. The third-order valence-electron chi connectivity index (χ3n) is 3.70. The molecule has 5 nitrogen and oxygen atoms in total. The highest BCUT2D eigenvalue weighted by Crippen LogP contribution is 2.33. The van der Waals surface area contributed by atoms with Crippen molar-refractivity contribution in [1.82, 2.24) is 14.9 Å². The number of hydrogen-bond donors (Lipinski definition) is 1. The Bertz CT molecular complexity index is 430. The van der Waals surface area contributed by atoms with E-state index in [9.17, 15) is 0 Å². The lowest BCUT2D eigenvalue weighted by Crippen LogP contribution is -2.38. The van der Waals surface area contributed by atoms with E-state index in [1.165, 1.54) is 12.8 Å². The van der Waals surface area contributed by atoms with Gasteiger partial charge in [0.15, 0.2) is 0 Å². The normalized spacial score (nSPS) is 19.7. The minimum Gasteiger partial charge on any atom is -0.383 e. The third-order valence-corrected chi connectivity index (χ3v) is 3.70. The van der Waals surface area contributed by atoms with Crippen molar-refractivity contribution in [3.8, 4) is 0 Å². The van der Waals surface area contributed by atoms with Gasteiger partial charge in [-0.15, -0.1) is 0 Å². The molecule has 0 radical (unpaired) electrons. The number of likely N-dealkylation sites (N-methyl/N-ethyl adjacent to an activating group) is 1. The lowest BCUT2D eigenvalue weighted by atomic mass is 10.0. The van der Waals surface area contributed by atoms with Crippen LogP contribution in [0.4, 0.5) is 11.6 Å². The van der Waals surface area contributed by atoms with Crippen LogP contribution < -0.4 is 10.6 Å². The first-order valence-electron chi connectivity index (χ1n) is 7.02. The summed E-state index contributed by atoms with van der Waals surface area (Å²) >= 11 is 0. The molecule has 1 fully saturated rings. The van der Waals surface area contributed by atoms with Crippen LogP contribution in [-0.2, 0) is 0 Å². The van der Waals surface area contributed by atoms with E-state index in [0.29, 0.717) is 17.8 Å². The molecule has 1 unspecified atom stereocenters. The van der Waals surface area contributed by atoms with Crippen molar-refractivity contribution < 1.29 is 0 Å². The average molecular weight is 263 g/mol. The zero-order valence-electron chi connectivity index (χ0n) is 12.4. The quantitative estimate of drug-likeness (QED) is 0.896. The number of nitrogens with zero attached hydrogens (tertiary/aromatic N) is 4. The topological polar surface area (TPSA) is 58.3 Å². The van der Waals surface area contributed by atoms with Crippen molar-refractivity contribution in [2.45, 2.75) is 38.6 Å². The second kappa shape index (κ2) is 5.74. The van der Waals surface area contributed by atoms with Crippen molar-refractivity contribution in [2.75, 3.05) is 37.8 Å². The van der Waals surface area contributed by atoms with Gasteiger partial charge in [-0.1, -0.05) is 13.8 Å². The van der Waals surface area contributed by atoms with Gasteiger partial charge in [0, 0.05) is 24.7 Å². The predicted octanol–water partition coefficient (Wildman–Crippen LogP) is 1.71. The summed E-state index contributed by atoms with van der Waals surface area (Å²) in [6, 6.07) is 0.529. The molecule has 0 amide bonds. The summed E-state index contributed by atoms with van der Waals surface area (Å²) in [4.78, 5) is 13.3. The van der Waals surface area contributed by atoms with Crippen LogP contribution in [0.25, 0.3) is 0 Å². The molecule has 1 saturated heterocycles. The van der Waals surface area contributed by atoms with Gasteiger partial charge in [0.05, 0.1) is 0 Å². The van der Waals surface area contributed by atoms with Crippen molar-refractivity contribution in [2.24, 2.45) is 0 Å². The molecule has 2 N–H and O–H groups in total. The summed E-state index contributed by atoms with van der Waals surface area (Å²) in [6.45, 7) is 6.42. The summed E-state index contributed by atoms with van der Waals surface area (Å²) in [7, 11) is 4.24. The fourth-order valence-electron chi connectivity index (χ4n) is 2.91. The van der Waals surface area contributed by atoms with Gasteiger partial charge in [-0.25, -0.2) is 9.97 Å². The molecule has 106 valence electrons. The highest BCUT2D eigenvalue weighted by Gasteiger charge is 2.29. The molecule has 2 heterocycles. The third kappa shape index (κ3) is 2.97. The maximum atomic E-state index is 6.05. The molecule has 0 aromatic carbocycles. The van der Waals surface area contributed by atoms with Crippen LogP contribution in [0.15, 0.2) is 6.33 Å². The first-order valence-corrected chi connectivity index (χ1v) is 7.02. The van der Waals surface area contributed by atoms with Gasteiger partial charge < -0.3 is 15.5 Å². The Morgan fingerprint density at radius 2 is 2.16 bits per heavy atom. The van der Waals surface area contributed by atoms with Crippen LogP contribution in [0.5, 0.6) is 0 Å². The number of rotatable bonds is 4. The minimum absolute atomic E-state index is 0.344. The molecule has 1 atom stereocenters. The van der Waals surface area contributed by atoms with Gasteiger partial charge in [-0.3, -0.25) is 0 Å². The van der Waals surface area contributed by atoms with E-state index in [2.05, 4.69) is 47.7 Å². The van der Waals surface area contributed by atoms with Crippen LogP contribution in [0.3, 0.4) is 0 Å². The molecule has 1 aliphatic rings. The first kappa shape index (κ1) is 14.1. The van der Waals surface area contributed by atoms with Crippen molar-refractivity contribution in [3.05, 3.63) is 11.9 Å². The number of nitrogens with two attached hydrogens (primary N) is 1. The zero-order valence-corrected chi connectivity index (χ0v) is 12.4. The Kier molecular flexibility index (Phi) is 4.24. The van der Waals surface area contributed by atoms with E-state index < -0.39 is 0 Å². The maximum Gasteiger partial charge on any atom is 0.137 e. The Hall–Kier alpha value is -1.36. The minimum atomic E-state index is 0.344. The van der Waals surface area contributed by atoms with Gasteiger partial charge in [-0.05, 0) is 32.9 Å². The number of aromatic nitrogens is 2. The van der Waals surface area contributed by atoms with Crippen LogP contribution in [-0.4, -0.2) is 48.1 Å². The Labute approximate surface area is 115 Å². The standard InChI is InChI=1S/C14H25N5/c1-10(2)12-13(15)16-9-17-14(12)19-7-5-6-11(19)8-18(3)4/h9-11H,5-8H2,1-4H3,(H2,15,16,17). The van der Waals surface area contributed by atoms with Crippen LogP contribution in [0.1, 0.15) is 38.2 Å². The summed E-state index contributed by atoms with van der Waals surface area (Å²) in [5.41, 5.74) is 7.14. The Morgan fingerprint density at radius 3 is 2.79 bits per heavy atom. The molecule has 0 bridgehead atoms. The Morgan fingerprint density at radius 1 is 1.42 bits per heavy atom. The smallest absolute Gasteiger partial charge is 0.137 e. The van der Waals surface area contributed by atoms with Gasteiger partial charge in [-0.2, -0.15) is 0 Å². The molecule has 1 aromatic rings. The average Bonchev–Trinajstić information content (AvgIpc) is 2.75. The van der Waals surface area contributed by atoms with Crippen LogP contribution >= 0.6 is 0 Å². The fraction of sp³-hybridized carbons (Fsp3) is 0.714. The van der Waals surface area contributed by atoms with Crippen molar-refractivity contribution >= 4 is 11.6 Å². The second-order valence-electron chi connectivity index (χ2n) is 5.90. The predicted molar refractivity (Wildman–Crippen MR) is 79.5 cm³/mol. The highest BCUT2D eigenvalue weighted by atomic mass is 15.3. The zero-order chi connectivity index (χ0) is 14.0.